The Morgan fingerprint density at radius 2 is 2.00 bits per heavy atom. The van der Waals surface area contributed by atoms with Crippen molar-refractivity contribution in [3.8, 4) is 5.75 Å². The van der Waals surface area contributed by atoms with Crippen molar-refractivity contribution >= 4 is 34.2 Å². The first-order valence-corrected chi connectivity index (χ1v) is 7.48. The molecule has 20 heavy (non-hydrogen) atoms. The molecule has 0 saturated heterocycles. The molecule has 5 heteroatoms. The Hall–Kier alpha value is -0.850. The highest BCUT2D eigenvalue weighted by Gasteiger charge is 2.17. The smallest absolute Gasteiger partial charge is 0.137 e. The molecule has 2 nitrogen and oxygen atoms in total. The van der Waals surface area contributed by atoms with E-state index in [1.165, 1.54) is 12.1 Å². The van der Waals surface area contributed by atoms with Gasteiger partial charge in [-0.15, -0.1) is 0 Å². The van der Waals surface area contributed by atoms with Crippen molar-refractivity contribution < 1.29 is 9.13 Å². The van der Waals surface area contributed by atoms with Crippen molar-refractivity contribution in [3.63, 3.8) is 0 Å². The maximum Gasteiger partial charge on any atom is 0.137 e. The van der Waals surface area contributed by atoms with E-state index >= 15 is 0 Å². The fourth-order valence-electron chi connectivity index (χ4n) is 2.09. The molecule has 0 heterocycles. The van der Waals surface area contributed by atoms with Crippen LogP contribution in [0.15, 0.2) is 36.4 Å². The average Bonchev–Trinajstić information content (AvgIpc) is 2.43. The Labute approximate surface area is 136 Å². The molecule has 0 bridgehead atoms. The third-order valence-electron chi connectivity index (χ3n) is 3.07. The van der Waals surface area contributed by atoms with Crippen LogP contribution in [0.1, 0.15) is 17.2 Å². The molecule has 0 aliphatic carbocycles. The minimum absolute atomic E-state index is 0.0475. The van der Waals surface area contributed by atoms with Crippen LogP contribution >= 0.6 is 34.2 Å². The summed E-state index contributed by atoms with van der Waals surface area (Å²) in [5.41, 5.74) is 2.03. The molecule has 1 unspecified atom stereocenters. The standard InChI is InChI=1S/C15H14ClFINO/c1-19-15(11-5-4-10(17)8-13(11)18)9-3-6-12(16)14(7-9)20-2/h3-8,15,19H,1-2H3. The number of rotatable bonds is 4. The number of nitrogens with one attached hydrogen (secondary N) is 1. The first kappa shape index (κ1) is 15.5. The normalized spacial score (nSPS) is 12.2. The lowest BCUT2D eigenvalue weighted by molar-refractivity contribution is 0.414. The Morgan fingerprint density at radius 3 is 2.60 bits per heavy atom. The Bertz CT molecular complexity index is 621. The van der Waals surface area contributed by atoms with Crippen LogP contribution in [0.5, 0.6) is 5.75 Å². The van der Waals surface area contributed by atoms with E-state index in [1.54, 1.807) is 19.2 Å². The van der Waals surface area contributed by atoms with Crippen molar-refractivity contribution in [2.24, 2.45) is 0 Å². The predicted molar refractivity (Wildman–Crippen MR) is 88.0 cm³/mol. The van der Waals surface area contributed by atoms with E-state index in [1.807, 2.05) is 19.2 Å². The van der Waals surface area contributed by atoms with Crippen LogP contribution in [0.4, 0.5) is 4.39 Å². The Morgan fingerprint density at radius 1 is 1.25 bits per heavy atom. The van der Waals surface area contributed by atoms with Crippen molar-refractivity contribution in [2.45, 2.75) is 6.04 Å². The fraction of sp³-hybridized carbons (Fsp3) is 0.200. The molecule has 0 aliphatic heterocycles. The quantitative estimate of drug-likeness (QED) is 0.761. The molecule has 1 atom stereocenters. The molecule has 0 aromatic heterocycles. The second kappa shape index (κ2) is 6.74. The summed E-state index contributed by atoms with van der Waals surface area (Å²) in [5, 5.41) is 3.81. The summed E-state index contributed by atoms with van der Waals surface area (Å²) in [6, 6.07) is 10.4. The summed E-state index contributed by atoms with van der Waals surface area (Å²) in [4.78, 5) is 0. The first-order chi connectivity index (χ1) is 9.56. The SMILES string of the molecule is CNC(c1ccc(Cl)c(OC)c1)c1ccc(F)cc1I. The van der Waals surface area contributed by atoms with Gasteiger partial charge in [-0.05, 0) is 65.0 Å². The van der Waals surface area contributed by atoms with Gasteiger partial charge in [-0.25, -0.2) is 4.39 Å². The molecular weight excluding hydrogens is 392 g/mol. The maximum absolute atomic E-state index is 13.2. The lowest BCUT2D eigenvalue weighted by atomic mass is 9.98. The molecule has 2 aromatic rings. The number of hydrogen-bond donors (Lipinski definition) is 1. The van der Waals surface area contributed by atoms with Gasteiger partial charge in [0.15, 0.2) is 0 Å². The van der Waals surface area contributed by atoms with E-state index in [9.17, 15) is 4.39 Å². The summed E-state index contributed by atoms with van der Waals surface area (Å²) in [5.74, 6) is 0.392. The van der Waals surface area contributed by atoms with Gasteiger partial charge in [-0.3, -0.25) is 0 Å². The maximum atomic E-state index is 13.2. The van der Waals surface area contributed by atoms with E-state index in [-0.39, 0.29) is 11.9 Å². The van der Waals surface area contributed by atoms with Crippen LogP contribution in [-0.2, 0) is 0 Å². The molecule has 0 saturated carbocycles. The van der Waals surface area contributed by atoms with Gasteiger partial charge in [0, 0.05) is 3.57 Å². The molecule has 0 amide bonds. The largest absolute Gasteiger partial charge is 0.495 e. The van der Waals surface area contributed by atoms with Crippen LogP contribution in [0.3, 0.4) is 0 Å². The zero-order chi connectivity index (χ0) is 14.7. The summed E-state index contributed by atoms with van der Waals surface area (Å²) < 4.78 is 19.3. The average molecular weight is 406 g/mol. The number of hydrogen-bond acceptors (Lipinski definition) is 2. The molecule has 0 fully saturated rings. The van der Waals surface area contributed by atoms with Crippen LogP contribution in [0.25, 0.3) is 0 Å². The Kier molecular flexibility index (Phi) is 5.23. The lowest BCUT2D eigenvalue weighted by Gasteiger charge is -2.19. The topological polar surface area (TPSA) is 21.3 Å². The highest BCUT2D eigenvalue weighted by Crippen LogP contribution is 2.32. The fourth-order valence-corrected chi connectivity index (χ4v) is 3.08. The third kappa shape index (κ3) is 3.24. The van der Waals surface area contributed by atoms with Crippen LogP contribution < -0.4 is 10.1 Å². The van der Waals surface area contributed by atoms with Gasteiger partial charge >= 0.3 is 0 Å². The molecule has 2 aromatic carbocycles. The highest BCUT2D eigenvalue weighted by atomic mass is 127. The van der Waals surface area contributed by atoms with Crippen LogP contribution in [0.2, 0.25) is 5.02 Å². The van der Waals surface area contributed by atoms with Gasteiger partial charge < -0.3 is 10.1 Å². The lowest BCUT2D eigenvalue weighted by Crippen LogP contribution is -2.19. The molecule has 106 valence electrons. The molecular formula is C15H14ClFINO. The van der Waals surface area contributed by atoms with Crippen molar-refractivity contribution in [1.82, 2.24) is 5.32 Å². The number of ether oxygens (including phenoxy) is 1. The number of halogens is 3. The zero-order valence-corrected chi connectivity index (χ0v) is 14.0. The zero-order valence-electron chi connectivity index (χ0n) is 11.1. The predicted octanol–water partition coefficient (Wildman–Crippen LogP) is 4.40. The van der Waals surface area contributed by atoms with E-state index < -0.39 is 0 Å². The second-order valence-corrected chi connectivity index (χ2v) is 5.85. The third-order valence-corrected chi connectivity index (χ3v) is 4.32. The van der Waals surface area contributed by atoms with Gasteiger partial charge in [0.05, 0.1) is 18.2 Å². The van der Waals surface area contributed by atoms with Crippen LogP contribution in [0, 0.1) is 9.39 Å². The van der Waals surface area contributed by atoms with Gasteiger partial charge in [0.25, 0.3) is 0 Å². The molecule has 2 rings (SSSR count). The summed E-state index contributed by atoms with van der Waals surface area (Å²) in [6.45, 7) is 0. The minimum Gasteiger partial charge on any atom is -0.495 e. The molecule has 0 spiro atoms. The van der Waals surface area contributed by atoms with E-state index in [2.05, 4.69) is 27.9 Å². The summed E-state index contributed by atoms with van der Waals surface area (Å²) >= 11 is 8.18. The van der Waals surface area contributed by atoms with Gasteiger partial charge in [-0.2, -0.15) is 0 Å². The van der Waals surface area contributed by atoms with Crippen molar-refractivity contribution in [2.75, 3.05) is 14.2 Å². The van der Waals surface area contributed by atoms with Crippen molar-refractivity contribution in [3.05, 3.63) is 61.9 Å². The molecule has 0 radical (unpaired) electrons. The van der Waals surface area contributed by atoms with Crippen molar-refractivity contribution in [1.29, 1.82) is 0 Å². The van der Waals surface area contributed by atoms with Gasteiger partial charge in [0.2, 0.25) is 0 Å². The highest BCUT2D eigenvalue weighted by molar-refractivity contribution is 14.1. The van der Waals surface area contributed by atoms with Gasteiger partial charge in [0.1, 0.15) is 11.6 Å². The van der Waals surface area contributed by atoms with E-state index in [0.717, 1.165) is 14.7 Å². The summed E-state index contributed by atoms with van der Waals surface area (Å²) in [6.07, 6.45) is 0. The van der Waals surface area contributed by atoms with Crippen LogP contribution in [-0.4, -0.2) is 14.2 Å². The molecule has 1 N–H and O–H groups in total. The monoisotopic (exact) mass is 405 g/mol. The molecule has 0 aliphatic rings. The van der Waals surface area contributed by atoms with E-state index in [4.69, 9.17) is 16.3 Å². The minimum atomic E-state index is -0.235. The second-order valence-electron chi connectivity index (χ2n) is 4.28. The number of methoxy groups -OCH3 is 1. The number of benzene rings is 2. The van der Waals surface area contributed by atoms with E-state index in [0.29, 0.717) is 10.8 Å². The Balaban J connectivity index is 2.46. The van der Waals surface area contributed by atoms with Gasteiger partial charge in [-0.1, -0.05) is 23.7 Å². The first-order valence-electron chi connectivity index (χ1n) is 6.02. The summed E-state index contributed by atoms with van der Waals surface area (Å²) in [7, 11) is 3.45.